The normalized spacial score (nSPS) is 23.4. The van der Waals surface area contributed by atoms with Crippen molar-refractivity contribution in [2.24, 2.45) is 18.9 Å². The molecule has 1 aromatic carbocycles. The molecule has 4 rings (SSSR count). The van der Waals surface area contributed by atoms with Crippen molar-refractivity contribution in [2.45, 2.75) is 38.6 Å². The van der Waals surface area contributed by atoms with Crippen LogP contribution in [-0.2, 0) is 18.2 Å². The van der Waals surface area contributed by atoms with Gasteiger partial charge in [-0.3, -0.25) is 10.1 Å². The number of urea groups is 1. The minimum atomic E-state index is -0.335. The Hall–Kier alpha value is -2.43. The summed E-state index contributed by atoms with van der Waals surface area (Å²) in [5.41, 5.74) is 1.18. The van der Waals surface area contributed by atoms with Gasteiger partial charge >= 0.3 is 11.0 Å². The van der Waals surface area contributed by atoms with Gasteiger partial charge in [-0.15, -0.1) is 0 Å². The Balaban J connectivity index is 1.30. The number of benzene rings is 1. The highest BCUT2D eigenvalue weighted by atomic mass is 32.1. The van der Waals surface area contributed by atoms with Crippen molar-refractivity contribution in [1.82, 2.24) is 15.3 Å². The van der Waals surface area contributed by atoms with E-state index in [9.17, 15) is 14.0 Å². The fourth-order valence-electron chi connectivity index (χ4n) is 4.94. The third-order valence-electron chi connectivity index (χ3n) is 6.60. The van der Waals surface area contributed by atoms with E-state index in [4.69, 9.17) is 4.74 Å². The molecular formula is C24H33FN5O3S+. The number of piperidine rings is 1. The molecule has 1 aromatic heterocycles. The second kappa shape index (κ2) is 11.3. The van der Waals surface area contributed by atoms with Gasteiger partial charge in [0, 0.05) is 31.7 Å². The van der Waals surface area contributed by atoms with E-state index in [-0.39, 0.29) is 23.7 Å². The van der Waals surface area contributed by atoms with Gasteiger partial charge in [-0.1, -0.05) is 16.8 Å². The number of carbonyl (C=O) groups is 2. The van der Waals surface area contributed by atoms with Crippen molar-refractivity contribution in [1.29, 1.82) is 0 Å². The lowest BCUT2D eigenvalue weighted by Gasteiger charge is -2.39. The number of aryl methyl sites for hydroxylation is 1. The first-order valence-corrected chi connectivity index (χ1v) is 12.7. The first-order chi connectivity index (χ1) is 16.4. The van der Waals surface area contributed by atoms with Gasteiger partial charge in [-0.25, -0.2) is 9.18 Å². The summed E-state index contributed by atoms with van der Waals surface area (Å²) in [6.07, 6.45) is 4.18. The van der Waals surface area contributed by atoms with Gasteiger partial charge in [0.1, 0.15) is 5.82 Å². The summed E-state index contributed by atoms with van der Waals surface area (Å²) < 4.78 is 20.4. The molecule has 34 heavy (non-hydrogen) atoms. The van der Waals surface area contributed by atoms with Crippen LogP contribution in [-0.4, -0.2) is 60.7 Å². The summed E-state index contributed by atoms with van der Waals surface area (Å²) in [5, 5.41) is 10.9. The number of rotatable bonds is 7. The lowest BCUT2D eigenvalue weighted by Crippen LogP contribution is -2.52. The number of nitrogens with one attached hydrogen (secondary N) is 2. The molecule has 3 atom stereocenters. The van der Waals surface area contributed by atoms with Gasteiger partial charge in [0.15, 0.2) is 7.05 Å². The van der Waals surface area contributed by atoms with E-state index in [0.29, 0.717) is 35.2 Å². The molecule has 2 aliphatic rings. The van der Waals surface area contributed by atoms with Crippen LogP contribution >= 0.6 is 11.3 Å². The quantitative estimate of drug-likeness (QED) is 0.460. The van der Waals surface area contributed by atoms with E-state index in [2.05, 4.69) is 20.6 Å². The number of aromatic nitrogens is 2. The molecule has 2 N–H and O–H groups in total. The maximum Gasteiger partial charge on any atom is 0.333 e. The number of hydrogen-bond donors (Lipinski definition) is 2. The van der Waals surface area contributed by atoms with Crippen LogP contribution in [0.1, 0.15) is 41.6 Å². The predicted octanol–water partition coefficient (Wildman–Crippen LogP) is 2.79. The van der Waals surface area contributed by atoms with E-state index in [1.54, 1.807) is 7.05 Å². The zero-order valence-corrected chi connectivity index (χ0v) is 20.6. The third-order valence-corrected chi connectivity index (χ3v) is 7.72. The van der Waals surface area contributed by atoms with Crippen molar-refractivity contribution >= 4 is 28.3 Å². The fourth-order valence-corrected chi connectivity index (χ4v) is 5.75. The Bertz CT molecular complexity index is 999. The minimum Gasteiger partial charge on any atom is -0.379 e. The number of likely N-dealkylation sites (tertiary alicyclic amines) is 1. The van der Waals surface area contributed by atoms with Crippen LogP contribution < -0.4 is 15.3 Å². The molecule has 10 heteroatoms. The van der Waals surface area contributed by atoms with Gasteiger partial charge in [0.25, 0.3) is 5.13 Å². The molecule has 2 saturated heterocycles. The standard InChI is InChI=1S/C24H32FN5O3S/c1-16(31)22-29(2)28-24(34-22)27-23(32)26-21-15-33-11-9-19(21)14-30-10-3-4-18(13-30)12-17-5-7-20(25)8-6-17/h5-8,18-19,21H,3-4,9-15H2,1-2H3,(H-,26,27,28,31,32)/p+1/t18-,19-,21+/m0/s1. The first kappa shape index (κ1) is 24.7. The highest BCUT2D eigenvalue weighted by molar-refractivity contribution is 7.16. The molecule has 8 nitrogen and oxygen atoms in total. The lowest BCUT2D eigenvalue weighted by atomic mass is 9.89. The molecule has 2 amide bonds. The Morgan fingerprint density at radius 1 is 1.29 bits per heavy atom. The Morgan fingerprint density at radius 2 is 2.09 bits per heavy atom. The van der Waals surface area contributed by atoms with Crippen LogP contribution in [0.25, 0.3) is 0 Å². The molecule has 0 aliphatic carbocycles. The van der Waals surface area contributed by atoms with E-state index in [0.717, 1.165) is 50.2 Å². The van der Waals surface area contributed by atoms with E-state index in [1.165, 1.54) is 35.7 Å². The lowest BCUT2D eigenvalue weighted by molar-refractivity contribution is -0.726. The Morgan fingerprint density at radius 3 is 2.82 bits per heavy atom. The fraction of sp³-hybridized carbons (Fsp3) is 0.583. The number of anilines is 1. The summed E-state index contributed by atoms with van der Waals surface area (Å²) in [4.78, 5) is 26.8. The summed E-state index contributed by atoms with van der Waals surface area (Å²) in [5.74, 6) is 0.562. The highest BCUT2D eigenvalue weighted by Gasteiger charge is 2.31. The largest absolute Gasteiger partial charge is 0.379 e. The van der Waals surface area contributed by atoms with Gasteiger partial charge in [0.2, 0.25) is 5.78 Å². The summed E-state index contributed by atoms with van der Waals surface area (Å²) in [6.45, 7) is 5.63. The minimum absolute atomic E-state index is 0.0894. The second-order valence-corrected chi connectivity index (χ2v) is 10.3. The van der Waals surface area contributed by atoms with E-state index < -0.39 is 0 Å². The van der Waals surface area contributed by atoms with Crippen LogP contribution in [0, 0.1) is 17.7 Å². The highest BCUT2D eigenvalue weighted by Crippen LogP contribution is 2.25. The van der Waals surface area contributed by atoms with Gasteiger partial charge in [-0.05, 0) is 73.1 Å². The summed E-state index contributed by atoms with van der Waals surface area (Å²) >= 11 is 1.16. The van der Waals surface area contributed by atoms with Gasteiger partial charge < -0.3 is 15.0 Å². The SMILES string of the molecule is CC(=O)c1sc(NC(=O)N[C@@H]2COCC[C@H]2CN2CCC[C@@H](Cc3ccc(F)cc3)C2)n[n+]1C. The molecule has 0 bridgehead atoms. The molecule has 184 valence electrons. The van der Waals surface area contributed by atoms with E-state index in [1.807, 2.05) is 12.1 Å². The van der Waals surface area contributed by atoms with Gasteiger partial charge in [0.05, 0.1) is 12.6 Å². The third kappa shape index (κ3) is 6.58. The second-order valence-electron chi connectivity index (χ2n) is 9.32. The van der Waals surface area contributed by atoms with Crippen LogP contribution in [0.2, 0.25) is 0 Å². The number of amides is 2. The van der Waals surface area contributed by atoms with Crippen molar-refractivity contribution < 1.29 is 23.4 Å². The number of ether oxygens (including phenoxy) is 1. The molecule has 0 radical (unpaired) electrons. The molecule has 0 spiro atoms. The number of carbonyl (C=O) groups excluding carboxylic acids is 2. The van der Waals surface area contributed by atoms with Crippen molar-refractivity contribution in [3.8, 4) is 0 Å². The van der Waals surface area contributed by atoms with Crippen LogP contribution in [0.5, 0.6) is 0 Å². The van der Waals surface area contributed by atoms with Crippen molar-refractivity contribution in [3.63, 3.8) is 0 Å². The molecule has 2 fully saturated rings. The van der Waals surface area contributed by atoms with Crippen LogP contribution in [0.3, 0.4) is 0 Å². The molecule has 0 saturated carbocycles. The molecule has 2 aliphatic heterocycles. The summed E-state index contributed by atoms with van der Waals surface area (Å²) in [7, 11) is 1.68. The summed E-state index contributed by atoms with van der Waals surface area (Å²) in [6, 6.07) is 6.41. The number of hydrogen-bond acceptors (Lipinski definition) is 6. The number of ketones is 1. The monoisotopic (exact) mass is 490 g/mol. The number of nitrogens with zero attached hydrogens (tertiary/aromatic N) is 3. The Labute approximate surface area is 203 Å². The van der Waals surface area contributed by atoms with Gasteiger partial charge in [-0.2, -0.15) is 0 Å². The maximum absolute atomic E-state index is 13.2. The number of halogens is 1. The predicted molar refractivity (Wildman–Crippen MR) is 127 cm³/mol. The zero-order valence-electron chi connectivity index (χ0n) is 19.8. The van der Waals surface area contributed by atoms with E-state index >= 15 is 0 Å². The Kier molecular flexibility index (Phi) is 8.23. The average Bonchev–Trinajstić information content (AvgIpc) is 3.17. The molecule has 3 heterocycles. The molecule has 0 unspecified atom stereocenters. The zero-order chi connectivity index (χ0) is 24.1. The van der Waals surface area contributed by atoms with Crippen LogP contribution in [0.4, 0.5) is 14.3 Å². The number of Topliss-reactive ketones (excluding diaryl/α,β-unsaturated/α-hetero) is 1. The molecular weight excluding hydrogens is 457 g/mol. The first-order valence-electron chi connectivity index (χ1n) is 11.9. The average molecular weight is 491 g/mol. The topological polar surface area (TPSA) is 87.4 Å². The van der Waals surface area contributed by atoms with Crippen LogP contribution in [0.15, 0.2) is 24.3 Å². The molecule has 2 aromatic rings. The van der Waals surface area contributed by atoms with Crippen molar-refractivity contribution in [3.05, 3.63) is 40.7 Å². The smallest absolute Gasteiger partial charge is 0.333 e. The van der Waals surface area contributed by atoms with Crippen molar-refractivity contribution in [2.75, 3.05) is 38.2 Å². The maximum atomic E-state index is 13.2.